The van der Waals surface area contributed by atoms with Crippen LogP contribution in [0.1, 0.15) is 15.2 Å². The van der Waals surface area contributed by atoms with E-state index < -0.39 is 11.9 Å². The lowest BCUT2D eigenvalue weighted by atomic mass is 10.2. The molecule has 0 aromatic carbocycles. The van der Waals surface area contributed by atoms with E-state index in [-0.39, 0.29) is 10.9 Å². The number of nitrogens with zero attached hydrogens (tertiary/aromatic N) is 1. The largest absolute Gasteiger partial charge is 0.379 e. The molecular weight excluding hydrogens is 324 g/mol. The van der Waals surface area contributed by atoms with Crippen molar-refractivity contribution in [3.63, 3.8) is 0 Å². The average Bonchev–Trinajstić information content (AvgIpc) is 2.96. The fourth-order valence-electron chi connectivity index (χ4n) is 1.95. The van der Waals surface area contributed by atoms with E-state index in [1.165, 1.54) is 11.3 Å². The number of primary amides is 1. The summed E-state index contributed by atoms with van der Waals surface area (Å²) in [6.07, 6.45) is 0. The molecule has 1 unspecified atom stereocenters. The van der Waals surface area contributed by atoms with E-state index in [0.29, 0.717) is 5.56 Å². The second-order valence-corrected chi connectivity index (χ2v) is 6.32. The predicted octanol–water partition coefficient (Wildman–Crippen LogP) is -0.550. The number of nitrogens with two attached hydrogens (primary N) is 2. The summed E-state index contributed by atoms with van der Waals surface area (Å²) in [5.74, 6) is -1.16. The van der Waals surface area contributed by atoms with Crippen LogP contribution in [0.4, 0.5) is 0 Å². The second-order valence-electron chi connectivity index (χ2n) is 4.89. The van der Waals surface area contributed by atoms with Crippen molar-refractivity contribution in [3.8, 4) is 0 Å². The molecule has 1 aliphatic heterocycles. The number of ether oxygens (including phenoxy) is 1. The van der Waals surface area contributed by atoms with Crippen LogP contribution in [0.5, 0.6) is 0 Å². The maximum absolute atomic E-state index is 12.1. The lowest BCUT2D eigenvalue weighted by molar-refractivity contribution is -0.117. The SMILES string of the molecule is NC(=O)C(N)C(=S)NC(=O)c1csc(CN2CCOCC2)c1. The highest BCUT2D eigenvalue weighted by molar-refractivity contribution is 7.80. The third-order valence-corrected chi connectivity index (χ3v) is 4.50. The van der Waals surface area contributed by atoms with Gasteiger partial charge in [-0.25, -0.2) is 0 Å². The Labute approximate surface area is 137 Å². The molecule has 0 saturated carbocycles. The maximum atomic E-state index is 12.1. The van der Waals surface area contributed by atoms with Gasteiger partial charge in [-0.3, -0.25) is 14.5 Å². The minimum Gasteiger partial charge on any atom is -0.379 e. The topological polar surface area (TPSA) is 111 Å². The quantitative estimate of drug-likeness (QED) is 0.619. The Morgan fingerprint density at radius 1 is 1.45 bits per heavy atom. The van der Waals surface area contributed by atoms with Crippen LogP contribution in [0.15, 0.2) is 11.4 Å². The molecule has 22 heavy (non-hydrogen) atoms. The third-order valence-electron chi connectivity index (χ3n) is 3.22. The van der Waals surface area contributed by atoms with Gasteiger partial charge in [0.15, 0.2) is 0 Å². The molecule has 5 N–H and O–H groups in total. The Morgan fingerprint density at radius 2 is 2.14 bits per heavy atom. The number of hydrogen-bond donors (Lipinski definition) is 3. The first-order valence-electron chi connectivity index (χ1n) is 6.75. The van der Waals surface area contributed by atoms with E-state index in [1.54, 1.807) is 5.38 Å². The summed E-state index contributed by atoms with van der Waals surface area (Å²) < 4.78 is 5.30. The molecule has 1 fully saturated rings. The van der Waals surface area contributed by atoms with Gasteiger partial charge in [0.05, 0.1) is 18.8 Å². The van der Waals surface area contributed by atoms with Gasteiger partial charge in [-0.05, 0) is 6.07 Å². The van der Waals surface area contributed by atoms with Gasteiger partial charge < -0.3 is 21.5 Å². The van der Waals surface area contributed by atoms with Crippen molar-refractivity contribution < 1.29 is 14.3 Å². The lowest BCUT2D eigenvalue weighted by Gasteiger charge is -2.25. The summed E-state index contributed by atoms with van der Waals surface area (Å²) in [6, 6.07) is 0.652. The first kappa shape index (κ1) is 17.0. The molecule has 120 valence electrons. The Morgan fingerprint density at radius 3 is 2.77 bits per heavy atom. The van der Waals surface area contributed by atoms with Gasteiger partial charge in [0.2, 0.25) is 5.91 Å². The molecule has 2 heterocycles. The number of thiocarbonyl (C=S) groups is 1. The summed E-state index contributed by atoms with van der Waals surface area (Å²) in [7, 11) is 0. The number of morpholine rings is 1. The van der Waals surface area contributed by atoms with Gasteiger partial charge in [-0.2, -0.15) is 0 Å². The molecule has 2 rings (SSSR count). The molecule has 1 aliphatic rings. The van der Waals surface area contributed by atoms with Crippen LogP contribution in [0.25, 0.3) is 0 Å². The predicted molar refractivity (Wildman–Crippen MR) is 87.6 cm³/mol. The molecule has 1 atom stereocenters. The standard InChI is InChI=1S/C13H18N4O3S2/c14-10(11(15)18)13(21)16-12(19)8-5-9(22-7-8)6-17-1-3-20-4-2-17/h5,7,10H,1-4,6,14H2,(H2,15,18)(H,16,19,21). The van der Waals surface area contributed by atoms with Crippen molar-refractivity contribution in [2.75, 3.05) is 26.3 Å². The van der Waals surface area contributed by atoms with Crippen LogP contribution in [0, 0.1) is 0 Å². The first-order chi connectivity index (χ1) is 10.5. The molecule has 9 heteroatoms. The highest BCUT2D eigenvalue weighted by Gasteiger charge is 2.19. The first-order valence-corrected chi connectivity index (χ1v) is 8.04. The number of rotatable bonds is 5. The molecule has 0 bridgehead atoms. The Balaban J connectivity index is 1.91. The van der Waals surface area contributed by atoms with E-state index >= 15 is 0 Å². The fourth-order valence-corrected chi connectivity index (χ4v) is 3.07. The summed E-state index contributed by atoms with van der Waals surface area (Å²) in [5, 5.41) is 4.19. The summed E-state index contributed by atoms with van der Waals surface area (Å²) in [4.78, 5) is 26.3. The van der Waals surface area contributed by atoms with Crippen molar-refractivity contribution in [2.24, 2.45) is 11.5 Å². The van der Waals surface area contributed by atoms with Crippen LogP contribution >= 0.6 is 23.6 Å². The van der Waals surface area contributed by atoms with E-state index in [0.717, 1.165) is 37.7 Å². The van der Waals surface area contributed by atoms with Crippen LogP contribution in [-0.4, -0.2) is 54.0 Å². The molecule has 7 nitrogen and oxygen atoms in total. The van der Waals surface area contributed by atoms with Gasteiger partial charge in [0.25, 0.3) is 5.91 Å². The minimum atomic E-state index is -1.16. The van der Waals surface area contributed by atoms with Crippen LogP contribution in [0.2, 0.25) is 0 Å². The molecule has 1 aromatic heterocycles. The third kappa shape index (κ3) is 4.55. The summed E-state index contributed by atoms with van der Waals surface area (Å²) in [6.45, 7) is 4.02. The van der Waals surface area contributed by atoms with Crippen LogP contribution in [0.3, 0.4) is 0 Å². The fraction of sp³-hybridized carbons (Fsp3) is 0.462. The van der Waals surface area contributed by atoms with E-state index in [1.807, 2.05) is 6.07 Å². The van der Waals surface area contributed by atoms with Crippen LogP contribution in [-0.2, 0) is 16.1 Å². The van der Waals surface area contributed by atoms with E-state index in [2.05, 4.69) is 10.2 Å². The molecule has 1 aromatic rings. The average molecular weight is 342 g/mol. The van der Waals surface area contributed by atoms with Gasteiger partial charge in [-0.15, -0.1) is 11.3 Å². The minimum absolute atomic E-state index is 0.0709. The van der Waals surface area contributed by atoms with E-state index in [4.69, 9.17) is 28.4 Å². The van der Waals surface area contributed by atoms with Gasteiger partial charge in [0.1, 0.15) is 11.0 Å². The number of nitrogens with one attached hydrogen (secondary N) is 1. The number of hydrogen-bond acceptors (Lipinski definition) is 7. The highest BCUT2D eigenvalue weighted by Crippen LogP contribution is 2.17. The molecular formula is C13H18N4O3S2. The number of carbonyl (C=O) groups excluding carboxylic acids is 2. The molecule has 0 radical (unpaired) electrons. The van der Waals surface area contributed by atoms with Crippen molar-refractivity contribution >= 4 is 40.4 Å². The summed E-state index contributed by atoms with van der Waals surface area (Å²) in [5.41, 5.74) is 11.0. The van der Waals surface area contributed by atoms with Gasteiger partial charge >= 0.3 is 0 Å². The molecule has 0 aliphatic carbocycles. The van der Waals surface area contributed by atoms with Crippen molar-refractivity contribution in [2.45, 2.75) is 12.6 Å². The van der Waals surface area contributed by atoms with Crippen molar-refractivity contribution in [1.29, 1.82) is 0 Å². The maximum Gasteiger partial charge on any atom is 0.256 e. The number of carbonyl (C=O) groups is 2. The zero-order valence-corrected chi connectivity index (χ0v) is 13.5. The summed E-state index contributed by atoms with van der Waals surface area (Å²) >= 11 is 6.39. The Hall–Kier alpha value is -1.39. The normalized spacial score (nSPS) is 17.0. The van der Waals surface area contributed by atoms with Gasteiger partial charge in [-0.1, -0.05) is 12.2 Å². The Kier molecular flexibility index (Phi) is 5.98. The van der Waals surface area contributed by atoms with Crippen molar-refractivity contribution in [1.82, 2.24) is 10.2 Å². The zero-order chi connectivity index (χ0) is 16.1. The van der Waals surface area contributed by atoms with E-state index in [9.17, 15) is 9.59 Å². The van der Waals surface area contributed by atoms with Crippen LogP contribution < -0.4 is 16.8 Å². The second kappa shape index (κ2) is 7.75. The molecule has 0 spiro atoms. The smallest absolute Gasteiger partial charge is 0.256 e. The number of amides is 2. The molecule has 2 amide bonds. The molecule has 1 saturated heterocycles. The zero-order valence-electron chi connectivity index (χ0n) is 11.9. The Bertz CT molecular complexity index is 569. The lowest BCUT2D eigenvalue weighted by Crippen LogP contribution is -2.49. The van der Waals surface area contributed by atoms with Crippen molar-refractivity contribution in [3.05, 3.63) is 21.9 Å². The number of thiophene rings is 1. The monoisotopic (exact) mass is 342 g/mol. The highest BCUT2D eigenvalue weighted by atomic mass is 32.1. The van der Waals surface area contributed by atoms with Gasteiger partial charge in [0, 0.05) is 29.9 Å².